The van der Waals surface area contributed by atoms with Crippen LogP contribution in [-0.2, 0) is 10.2 Å². The maximum absolute atomic E-state index is 12.0. The van der Waals surface area contributed by atoms with Crippen molar-refractivity contribution in [3.05, 3.63) is 82.7 Å². The lowest BCUT2D eigenvalue weighted by Gasteiger charge is -2.20. The topological polar surface area (TPSA) is 43.6 Å². The van der Waals surface area contributed by atoms with Gasteiger partial charge in [0.1, 0.15) is 0 Å². The van der Waals surface area contributed by atoms with Crippen LogP contribution in [0.15, 0.2) is 59.6 Å². The number of ether oxygens (including phenoxy) is 1. The molecule has 0 spiro atoms. The molecule has 4 nitrogen and oxygen atoms in total. The highest BCUT2D eigenvalue weighted by Gasteiger charge is 2.15. The number of rotatable bonds is 4. The van der Waals surface area contributed by atoms with Crippen LogP contribution in [0.3, 0.4) is 0 Å². The molecule has 0 aliphatic carbocycles. The average Bonchev–Trinajstić information content (AvgIpc) is 2.98. The third-order valence-electron chi connectivity index (χ3n) is 5.11. The number of benzene rings is 2. The maximum Gasteiger partial charge on any atom is 0.340 e. The molecule has 0 atom stereocenters. The molecular weight excluding hydrogens is 360 g/mol. The highest BCUT2D eigenvalue weighted by Crippen LogP contribution is 2.26. The number of esters is 1. The lowest BCUT2D eigenvalue weighted by atomic mass is 9.87. The van der Waals surface area contributed by atoms with Gasteiger partial charge in [0.15, 0.2) is 0 Å². The summed E-state index contributed by atoms with van der Waals surface area (Å²) in [6.07, 6.45) is 1.81. The molecule has 0 N–H and O–H groups in total. The monoisotopic (exact) mass is 388 g/mol. The Kier molecular flexibility index (Phi) is 5.73. The van der Waals surface area contributed by atoms with Crippen molar-refractivity contribution in [2.75, 3.05) is 7.11 Å². The first kappa shape index (κ1) is 20.6. The summed E-state index contributed by atoms with van der Waals surface area (Å²) in [5.41, 5.74) is 6.87. The van der Waals surface area contributed by atoms with Gasteiger partial charge in [-0.05, 0) is 55.2 Å². The summed E-state index contributed by atoms with van der Waals surface area (Å²) in [5.74, 6) is -0.387. The van der Waals surface area contributed by atoms with Gasteiger partial charge in [-0.2, -0.15) is 0 Å². The van der Waals surface area contributed by atoms with Gasteiger partial charge in [0, 0.05) is 28.9 Å². The van der Waals surface area contributed by atoms with Crippen LogP contribution >= 0.6 is 0 Å². The predicted molar refractivity (Wildman–Crippen MR) is 119 cm³/mol. The lowest BCUT2D eigenvalue weighted by Crippen LogP contribution is -2.11. The molecule has 0 aliphatic heterocycles. The molecule has 4 heteroatoms. The van der Waals surface area contributed by atoms with Crippen molar-refractivity contribution in [2.24, 2.45) is 4.99 Å². The normalized spacial score (nSPS) is 11.8. The summed E-state index contributed by atoms with van der Waals surface area (Å²) < 4.78 is 7.07. The van der Waals surface area contributed by atoms with Crippen molar-refractivity contribution < 1.29 is 9.53 Å². The van der Waals surface area contributed by atoms with Gasteiger partial charge in [0.05, 0.1) is 18.4 Å². The van der Waals surface area contributed by atoms with Crippen molar-refractivity contribution in [3.8, 4) is 5.69 Å². The van der Waals surface area contributed by atoms with Gasteiger partial charge in [0.25, 0.3) is 0 Å². The lowest BCUT2D eigenvalue weighted by molar-refractivity contribution is 0.0601. The van der Waals surface area contributed by atoms with E-state index in [1.165, 1.54) is 12.7 Å². The molecule has 1 aromatic heterocycles. The molecule has 0 radical (unpaired) electrons. The second kappa shape index (κ2) is 8.08. The fourth-order valence-corrected chi connectivity index (χ4v) is 3.43. The molecule has 29 heavy (non-hydrogen) atoms. The average molecular weight is 389 g/mol. The van der Waals surface area contributed by atoms with Crippen LogP contribution in [0.5, 0.6) is 0 Å². The van der Waals surface area contributed by atoms with Gasteiger partial charge in [0.2, 0.25) is 0 Å². The first-order valence-electron chi connectivity index (χ1n) is 9.73. The van der Waals surface area contributed by atoms with Crippen molar-refractivity contribution in [1.29, 1.82) is 0 Å². The van der Waals surface area contributed by atoms with E-state index in [1.54, 1.807) is 12.1 Å². The number of aromatic nitrogens is 1. The molecule has 0 saturated heterocycles. The minimum Gasteiger partial charge on any atom is -0.465 e. The summed E-state index contributed by atoms with van der Waals surface area (Å²) in [5, 5.41) is 0. The summed E-state index contributed by atoms with van der Waals surface area (Å²) in [6.45, 7) is 10.8. The van der Waals surface area contributed by atoms with E-state index in [0.717, 1.165) is 22.6 Å². The quantitative estimate of drug-likeness (QED) is 0.411. The zero-order valence-electron chi connectivity index (χ0n) is 18.0. The van der Waals surface area contributed by atoms with Gasteiger partial charge < -0.3 is 9.30 Å². The van der Waals surface area contributed by atoms with E-state index < -0.39 is 0 Å². The van der Waals surface area contributed by atoms with E-state index in [1.807, 2.05) is 18.3 Å². The number of methoxy groups -OCH3 is 1. The first-order valence-corrected chi connectivity index (χ1v) is 9.73. The standard InChI is InChI=1S/C25H28N2O2/c1-17-15-19(16-26-23-10-8-7-9-22(23)24(28)29-6)18(2)27(17)21-13-11-20(12-14-21)25(3,4)5/h7-16H,1-6H3. The van der Waals surface area contributed by atoms with Crippen LogP contribution in [-0.4, -0.2) is 23.9 Å². The summed E-state index contributed by atoms with van der Waals surface area (Å²) in [6, 6.07) is 18.0. The van der Waals surface area contributed by atoms with E-state index in [-0.39, 0.29) is 11.4 Å². The van der Waals surface area contributed by atoms with E-state index >= 15 is 0 Å². The van der Waals surface area contributed by atoms with Gasteiger partial charge in [-0.3, -0.25) is 4.99 Å². The fraction of sp³-hybridized carbons (Fsp3) is 0.280. The second-order valence-corrected chi connectivity index (χ2v) is 8.23. The molecule has 150 valence electrons. The third-order valence-corrected chi connectivity index (χ3v) is 5.11. The minimum atomic E-state index is -0.387. The van der Waals surface area contributed by atoms with Gasteiger partial charge in [-0.1, -0.05) is 45.0 Å². The Hall–Kier alpha value is -3.14. The Morgan fingerprint density at radius 2 is 1.69 bits per heavy atom. The number of aryl methyl sites for hydroxylation is 1. The molecule has 0 fully saturated rings. The minimum absolute atomic E-state index is 0.129. The van der Waals surface area contributed by atoms with Crippen molar-refractivity contribution in [1.82, 2.24) is 4.57 Å². The van der Waals surface area contributed by atoms with Gasteiger partial charge >= 0.3 is 5.97 Å². The SMILES string of the molecule is COC(=O)c1ccccc1N=Cc1cc(C)n(-c2ccc(C(C)(C)C)cc2)c1C. The third kappa shape index (κ3) is 4.32. The van der Waals surface area contributed by atoms with Gasteiger partial charge in [-0.25, -0.2) is 4.79 Å². The van der Waals surface area contributed by atoms with Crippen LogP contribution in [0.4, 0.5) is 5.69 Å². The molecule has 1 heterocycles. The number of aliphatic imine (C=N–C) groups is 1. The van der Waals surface area contributed by atoms with Crippen molar-refractivity contribution >= 4 is 17.9 Å². The van der Waals surface area contributed by atoms with Crippen LogP contribution in [0, 0.1) is 13.8 Å². The van der Waals surface area contributed by atoms with Crippen LogP contribution in [0.2, 0.25) is 0 Å². The summed E-state index contributed by atoms with van der Waals surface area (Å²) in [4.78, 5) is 16.5. The maximum atomic E-state index is 12.0. The smallest absolute Gasteiger partial charge is 0.340 e. The van der Waals surface area contributed by atoms with Crippen molar-refractivity contribution in [3.63, 3.8) is 0 Å². The van der Waals surface area contributed by atoms with E-state index in [9.17, 15) is 4.79 Å². The molecule has 0 unspecified atom stereocenters. The Morgan fingerprint density at radius 3 is 2.31 bits per heavy atom. The predicted octanol–water partition coefficient (Wildman–Crippen LogP) is 5.93. The fourth-order valence-electron chi connectivity index (χ4n) is 3.43. The molecule has 0 saturated carbocycles. The molecule has 0 aliphatic rings. The molecule has 3 aromatic rings. The Bertz CT molecular complexity index is 1050. The van der Waals surface area contributed by atoms with E-state index in [2.05, 4.69) is 74.5 Å². The number of hydrogen-bond donors (Lipinski definition) is 0. The van der Waals surface area contributed by atoms with Gasteiger partial charge in [-0.15, -0.1) is 0 Å². The zero-order chi connectivity index (χ0) is 21.2. The zero-order valence-corrected chi connectivity index (χ0v) is 18.0. The molecule has 0 bridgehead atoms. The van der Waals surface area contributed by atoms with Crippen molar-refractivity contribution in [2.45, 2.75) is 40.0 Å². The molecular formula is C25H28N2O2. The Labute approximate surface area is 172 Å². The number of nitrogens with zero attached hydrogens (tertiary/aromatic N) is 2. The largest absolute Gasteiger partial charge is 0.465 e. The first-order chi connectivity index (χ1) is 13.7. The Morgan fingerprint density at radius 1 is 1.03 bits per heavy atom. The summed E-state index contributed by atoms with van der Waals surface area (Å²) >= 11 is 0. The van der Waals surface area contributed by atoms with Crippen LogP contribution < -0.4 is 0 Å². The number of para-hydroxylation sites is 1. The van der Waals surface area contributed by atoms with E-state index in [0.29, 0.717) is 11.3 Å². The molecule has 2 aromatic carbocycles. The van der Waals surface area contributed by atoms with Crippen LogP contribution in [0.25, 0.3) is 5.69 Å². The second-order valence-electron chi connectivity index (χ2n) is 8.23. The number of carbonyl (C=O) groups excluding carboxylic acids is 1. The highest BCUT2D eigenvalue weighted by molar-refractivity contribution is 5.96. The molecule has 3 rings (SSSR count). The molecule has 0 amide bonds. The van der Waals surface area contributed by atoms with Crippen LogP contribution in [0.1, 0.15) is 53.6 Å². The number of hydrogen-bond acceptors (Lipinski definition) is 3. The number of carbonyl (C=O) groups is 1. The highest BCUT2D eigenvalue weighted by atomic mass is 16.5. The summed E-state index contributed by atoms with van der Waals surface area (Å²) in [7, 11) is 1.38. The Balaban J connectivity index is 1.95. The van der Waals surface area contributed by atoms with E-state index in [4.69, 9.17) is 4.74 Å².